The number of amides is 2. The highest BCUT2D eigenvalue weighted by Gasteiger charge is 2.39. The molecular weight excluding hydrogens is 376 g/mol. The van der Waals surface area contributed by atoms with Crippen molar-refractivity contribution < 1.29 is 28.6 Å². The van der Waals surface area contributed by atoms with Crippen molar-refractivity contribution in [3.05, 3.63) is 23.8 Å². The average Bonchev–Trinajstić information content (AvgIpc) is 3.56. The summed E-state index contributed by atoms with van der Waals surface area (Å²) in [4.78, 5) is 38.4. The molecule has 156 valence electrons. The molecule has 8 nitrogen and oxygen atoms in total. The number of ether oxygens (including phenoxy) is 3. The van der Waals surface area contributed by atoms with Crippen molar-refractivity contribution >= 4 is 23.5 Å². The van der Waals surface area contributed by atoms with E-state index in [0.717, 1.165) is 12.8 Å². The minimum absolute atomic E-state index is 0.00471. The van der Waals surface area contributed by atoms with Crippen LogP contribution in [-0.2, 0) is 19.1 Å². The van der Waals surface area contributed by atoms with E-state index in [1.165, 1.54) is 7.11 Å². The predicted molar refractivity (Wildman–Crippen MR) is 104 cm³/mol. The molecule has 0 spiro atoms. The molecular formula is C21H26N2O6. The summed E-state index contributed by atoms with van der Waals surface area (Å²) in [5, 5.41) is 2.88. The molecule has 1 aromatic rings. The van der Waals surface area contributed by atoms with E-state index in [-0.39, 0.29) is 55.0 Å². The molecule has 3 atom stereocenters. The first kappa shape index (κ1) is 19.7. The smallest absolute Gasteiger partial charge is 0.308 e. The number of hydrogen-bond acceptors (Lipinski definition) is 6. The second-order valence-electron chi connectivity index (χ2n) is 7.92. The number of likely N-dealkylation sites (N-methyl/N-ethyl adjacent to an activating group) is 1. The van der Waals surface area contributed by atoms with E-state index in [2.05, 4.69) is 5.32 Å². The van der Waals surface area contributed by atoms with Crippen LogP contribution in [0.15, 0.2) is 18.2 Å². The van der Waals surface area contributed by atoms with Crippen molar-refractivity contribution in [2.75, 3.05) is 26.1 Å². The number of carbonyl (C=O) groups excluding carboxylic acids is 3. The molecule has 0 radical (unpaired) electrons. The number of methoxy groups -OCH3 is 1. The first-order valence-electron chi connectivity index (χ1n) is 10.0. The third-order valence-corrected chi connectivity index (χ3v) is 5.85. The van der Waals surface area contributed by atoms with Crippen LogP contribution in [0.4, 0.5) is 5.69 Å². The minimum atomic E-state index is -0.324. The van der Waals surface area contributed by atoms with Gasteiger partial charge in [-0.25, -0.2) is 0 Å². The molecule has 2 amide bonds. The van der Waals surface area contributed by atoms with Crippen LogP contribution in [0.25, 0.3) is 0 Å². The fourth-order valence-electron chi connectivity index (χ4n) is 3.96. The maximum absolute atomic E-state index is 13.1. The van der Waals surface area contributed by atoms with Crippen molar-refractivity contribution in [2.24, 2.45) is 5.92 Å². The minimum Gasteiger partial charge on any atom is -0.490 e. The number of anilines is 1. The average molecular weight is 402 g/mol. The summed E-state index contributed by atoms with van der Waals surface area (Å²) in [6.45, 7) is 0.279. The molecule has 8 heteroatoms. The van der Waals surface area contributed by atoms with Crippen LogP contribution in [0.5, 0.6) is 5.75 Å². The zero-order valence-electron chi connectivity index (χ0n) is 16.7. The Bertz CT molecular complexity index is 821. The van der Waals surface area contributed by atoms with Gasteiger partial charge in [0, 0.05) is 18.7 Å². The van der Waals surface area contributed by atoms with Crippen LogP contribution in [0.3, 0.4) is 0 Å². The van der Waals surface area contributed by atoms with Crippen LogP contribution >= 0.6 is 0 Å². The molecule has 29 heavy (non-hydrogen) atoms. The Balaban J connectivity index is 1.51. The number of hydrogen-bond donors (Lipinski definition) is 1. The van der Waals surface area contributed by atoms with Crippen LogP contribution < -0.4 is 10.1 Å². The fourth-order valence-corrected chi connectivity index (χ4v) is 3.96. The van der Waals surface area contributed by atoms with Gasteiger partial charge in [-0.2, -0.15) is 0 Å². The van der Waals surface area contributed by atoms with Gasteiger partial charge in [0.15, 0.2) is 0 Å². The molecule has 1 saturated carbocycles. The van der Waals surface area contributed by atoms with Gasteiger partial charge in [0.2, 0.25) is 5.91 Å². The first-order valence-corrected chi connectivity index (χ1v) is 10.0. The van der Waals surface area contributed by atoms with Gasteiger partial charge < -0.3 is 24.4 Å². The Kier molecular flexibility index (Phi) is 5.45. The highest BCUT2D eigenvalue weighted by atomic mass is 16.5. The molecule has 0 aromatic heterocycles. The van der Waals surface area contributed by atoms with Crippen molar-refractivity contribution in [1.29, 1.82) is 0 Å². The maximum atomic E-state index is 13.1. The highest BCUT2D eigenvalue weighted by molar-refractivity contribution is 6.00. The SMILES string of the molecule is COC(=O)C[C@H]1CC[C@@H]2[C@H](COc3ccc(NC(=O)C4CC4)cc3C(=O)N2C)O1. The summed E-state index contributed by atoms with van der Waals surface area (Å²) in [6, 6.07) is 4.99. The van der Waals surface area contributed by atoms with E-state index in [9.17, 15) is 14.4 Å². The van der Waals surface area contributed by atoms with E-state index < -0.39 is 0 Å². The third-order valence-electron chi connectivity index (χ3n) is 5.85. The fraction of sp³-hybridized carbons (Fsp3) is 0.571. The summed E-state index contributed by atoms with van der Waals surface area (Å²) in [6.07, 6.45) is 2.84. The Morgan fingerprint density at radius 2 is 2.03 bits per heavy atom. The van der Waals surface area contributed by atoms with Crippen LogP contribution in [-0.4, -0.2) is 61.7 Å². The Hall–Kier alpha value is -2.61. The summed E-state index contributed by atoms with van der Waals surface area (Å²) in [7, 11) is 3.12. The lowest BCUT2D eigenvalue weighted by atomic mass is 9.94. The van der Waals surface area contributed by atoms with Crippen LogP contribution in [0.1, 0.15) is 42.5 Å². The molecule has 4 rings (SSSR count). The molecule has 2 heterocycles. The molecule has 1 N–H and O–H groups in total. The topological polar surface area (TPSA) is 94.2 Å². The zero-order valence-corrected chi connectivity index (χ0v) is 16.7. The normalized spacial score (nSPS) is 26.3. The molecule has 2 fully saturated rings. The first-order chi connectivity index (χ1) is 14.0. The van der Waals surface area contributed by atoms with Crippen molar-refractivity contribution in [2.45, 2.75) is 50.4 Å². The van der Waals surface area contributed by atoms with E-state index in [4.69, 9.17) is 14.2 Å². The van der Waals surface area contributed by atoms with E-state index in [1.807, 2.05) is 0 Å². The zero-order chi connectivity index (χ0) is 20.5. The number of carbonyl (C=O) groups is 3. The maximum Gasteiger partial charge on any atom is 0.308 e. The predicted octanol–water partition coefficient (Wildman–Crippen LogP) is 1.98. The van der Waals surface area contributed by atoms with E-state index in [0.29, 0.717) is 29.8 Å². The number of rotatable bonds is 4. The summed E-state index contributed by atoms with van der Waals surface area (Å²) in [5.74, 6) is 0.0611. The molecule has 0 unspecified atom stereocenters. The van der Waals surface area contributed by atoms with Gasteiger partial charge in [-0.1, -0.05) is 0 Å². The van der Waals surface area contributed by atoms with Gasteiger partial charge in [0.05, 0.1) is 31.2 Å². The number of nitrogens with one attached hydrogen (secondary N) is 1. The number of fused-ring (bicyclic) bond motifs is 2. The highest BCUT2D eigenvalue weighted by Crippen LogP contribution is 2.34. The molecule has 0 bridgehead atoms. The van der Waals surface area contributed by atoms with Gasteiger partial charge in [-0.3, -0.25) is 14.4 Å². The Morgan fingerprint density at radius 3 is 2.76 bits per heavy atom. The van der Waals surface area contributed by atoms with Crippen molar-refractivity contribution in [3.8, 4) is 5.75 Å². The quantitative estimate of drug-likeness (QED) is 0.774. The van der Waals surface area contributed by atoms with Gasteiger partial charge in [0.1, 0.15) is 18.5 Å². The third kappa shape index (κ3) is 4.22. The number of esters is 1. The molecule has 1 saturated heterocycles. The summed E-state index contributed by atoms with van der Waals surface area (Å²) < 4.78 is 16.7. The second-order valence-corrected chi connectivity index (χ2v) is 7.92. The standard InChI is InChI=1S/C21H26N2O6/c1-23-16-7-6-14(10-19(24)27-2)29-18(16)11-28-17-8-5-13(9-15(17)21(23)26)22-20(25)12-3-4-12/h5,8-9,12,14,16,18H,3-4,6-7,10-11H2,1-2H3,(H,22,25)/t14-,16-,18+/m1/s1. The molecule has 2 aliphatic heterocycles. The summed E-state index contributed by atoms with van der Waals surface area (Å²) >= 11 is 0. The lowest BCUT2D eigenvalue weighted by Gasteiger charge is -2.42. The lowest BCUT2D eigenvalue weighted by Crippen LogP contribution is -2.53. The Labute approximate surface area is 169 Å². The van der Waals surface area contributed by atoms with Gasteiger partial charge in [0.25, 0.3) is 5.91 Å². The van der Waals surface area contributed by atoms with Gasteiger partial charge >= 0.3 is 5.97 Å². The van der Waals surface area contributed by atoms with Gasteiger partial charge in [-0.05, 0) is 43.9 Å². The summed E-state index contributed by atoms with van der Waals surface area (Å²) in [5.41, 5.74) is 1.03. The molecule has 1 aliphatic carbocycles. The Morgan fingerprint density at radius 1 is 1.24 bits per heavy atom. The largest absolute Gasteiger partial charge is 0.490 e. The van der Waals surface area contributed by atoms with Crippen LogP contribution in [0, 0.1) is 5.92 Å². The van der Waals surface area contributed by atoms with Crippen molar-refractivity contribution in [3.63, 3.8) is 0 Å². The lowest BCUT2D eigenvalue weighted by molar-refractivity contribution is -0.151. The van der Waals surface area contributed by atoms with Gasteiger partial charge in [-0.15, -0.1) is 0 Å². The van der Waals surface area contributed by atoms with E-state index in [1.54, 1.807) is 30.1 Å². The second kappa shape index (κ2) is 8.02. The van der Waals surface area contributed by atoms with Crippen molar-refractivity contribution in [1.82, 2.24) is 4.90 Å². The van der Waals surface area contributed by atoms with E-state index >= 15 is 0 Å². The number of benzene rings is 1. The van der Waals surface area contributed by atoms with Crippen LogP contribution in [0.2, 0.25) is 0 Å². The molecule has 1 aromatic carbocycles. The molecule has 3 aliphatic rings. The monoisotopic (exact) mass is 402 g/mol. The number of nitrogens with zero attached hydrogens (tertiary/aromatic N) is 1.